The van der Waals surface area contributed by atoms with Gasteiger partial charge in [-0.1, -0.05) is 72.7 Å². The Balaban J connectivity index is 1.85. The molecule has 1 atom stereocenters. The minimum atomic E-state index is -0.659. The number of nitrogens with one attached hydrogen (secondary N) is 1. The Morgan fingerprint density at radius 2 is 1.93 bits per heavy atom. The van der Waals surface area contributed by atoms with E-state index in [4.69, 9.17) is 21.2 Å². The van der Waals surface area contributed by atoms with Gasteiger partial charge < -0.3 is 9.57 Å². The molecule has 1 unspecified atom stereocenters. The normalized spacial score (nSPS) is 14.9. The first-order chi connectivity index (χ1) is 14.1. The average Bonchev–Trinajstić information content (AvgIpc) is 3.18. The molecule has 0 amide bonds. The van der Waals surface area contributed by atoms with E-state index >= 15 is 0 Å². The Hall–Kier alpha value is -2.76. The van der Waals surface area contributed by atoms with Crippen molar-refractivity contribution in [1.82, 2.24) is 10.6 Å². The fraction of sp³-hybridized carbons (Fsp3) is 0.261. The molecule has 1 aliphatic rings. The lowest BCUT2D eigenvalue weighted by Crippen LogP contribution is -2.27. The highest BCUT2D eigenvalue weighted by atomic mass is 35.5. The third-order valence-corrected chi connectivity index (χ3v) is 4.74. The molecule has 29 heavy (non-hydrogen) atoms. The van der Waals surface area contributed by atoms with Crippen LogP contribution in [0.3, 0.4) is 0 Å². The van der Waals surface area contributed by atoms with Gasteiger partial charge in [-0.05, 0) is 36.6 Å². The molecule has 2 aromatic carbocycles. The average molecular weight is 413 g/mol. The predicted octanol–water partition coefficient (Wildman–Crippen LogP) is 5.25. The zero-order chi connectivity index (χ0) is 20.6. The number of nitrogens with zero attached hydrogens (tertiary/aromatic N) is 1. The van der Waals surface area contributed by atoms with Gasteiger partial charge in [-0.25, -0.2) is 0 Å². The monoisotopic (exact) mass is 412 g/mol. The summed E-state index contributed by atoms with van der Waals surface area (Å²) in [5.74, 6) is 0.255. The maximum atomic E-state index is 12.3. The summed E-state index contributed by atoms with van der Waals surface area (Å²) in [6.45, 7) is 4.47. The van der Waals surface area contributed by atoms with Gasteiger partial charge in [0.15, 0.2) is 11.9 Å². The van der Waals surface area contributed by atoms with Crippen molar-refractivity contribution >= 4 is 23.1 Å². The summed E-state index contributed by atoms with van der Waals surface area (Å²) in [5.41, 5.74) is 5.76. The Labute approximate surface area is 176 Å². The molecule has 0 radical (unpaired) electrons. The van der Waals surface area contributed by atoms with Crippen molar-refractivity contribution in [3.8, 4) is 0 Å². The van der Waals surface area contributed by atoms with Gasteiger partial charge >= 0.3 is 5.97 Å². The van der Waals surface area contributed by atoms with Crippen LogP contribution in [0.1, 0.15) is 37.8 Å². The summed E-state index contributed by atoms with van der Waals surface area (Å²) in [6, 6.07) is 17.5. The van der Waals surface area contributed by atoms with Gasteiger partial charge in [0.25, 0.3) is 0 Å². The first-order valence-corrected chi connectivity index (χ1v) is 10.0. The van der Waals surface area contributed by atoms with Crippen molar-refractivity contribution in [2.24, 2.45) is 0 Å². The van der Waals surface area contributed by atoms with Crippen molar-refractivity contribution in [3.63, 3.8) is 0 Å². The summed E-state index contributed by atoms with van der Waals surface area (Å²) < 4.78 is 5.81. The maximum Gasteiger partial charge on any atom is 0.306 e. The molecule has 6 heteroatoms. The van der Waals surface area contributed by atoms with E-state index in [-0.39, 0.29) is 5.97 Å². The van der Waals surface area contributed by atoms with E-state index in [1.165, 1.54) is 0 Å². The van der Waals surface area contributed by atoms with Crippen LogP contribution in [0.2, 0.25) is 5.02 Å². The number of benzene rings is 2. The van der Waals surface area contributed by atoms with Crippen LogP contribution >= 0.6 is 11.6 Å². The Kier molecular flexibility index (Phi) is 7.33. The van der Waals surface area contributed by atoms with Crippen LogP contribution in [0.4, 0.5) is 0 Å². The van der Waals surface area contributed by atoms with Crippen molar-refractivity contribution < 1.29 is 14.4 Å². The summed E-state index contributed by atoms with van der Waals surface area (Å²) >= 11 is 6.03. The second-order valence-corrected chi connectivity index (χ2v) is 7.15. The lowest BCUT2D eigenvalue weighted by molar-refractivity contribution is -0.147. The molecule has 0 spiro atoms. The summed E-state index contributed by atoms with van der Waals surface area (Å²) in [4.78, 5) is 18.0. The summed E-state index contributed by atoms with van der Waals surface area (Å²) in [7, 11) is 0. The third-order valence-electron chi connectivity index (χ3n) is 4.49. The van der Waals surface area contributed by atoms with E-state index in [0.717, 1.165) is 23.1 Å². The van der Waals surface area contributed by atoms with Crippen LogP contribution in [0.15, 0.2) is 72.6 Å². The topological polar surface area (TPSA) is 50.8 Å². The van der Waals surface area contributed by atoms with Crippen LogP contribution < -0.4 is 5.59 Å². The van der Waals surface area contributed by atoms with Crippen LogP contribution in [-0.2, 0) is 20.9 Å². The van der Waals surface area contributed by atoms with Crippen LogP contribution in [0.25, 0.3) is 5.57 Å². The minimum absolute atomic E-state index is 0.267. The van der Waals surface area contributed by atoms with Crippen LogP contribution in [0, 0.1) is 0 Å². The zero-order valence-electron chi connectivity index (χ0n) is 16.6. The van der Waals surface area contributed by atoms with E-state index < -0.39 is 6.10 Å². The number of halogens is 1. The molecule has 0 saturated heterocycles. The molecule has 0 bridgehead atoms. The standard InChI is InChI=1S/C23H25ClN2O3/c1-3-8-22(27)28-23(20(4-2)18-11-13-19(24)14-12-18)21-16-26(25-29-21)15-17-9-6-5-7-10-17/h4-7,9-14,16,23,25H,3,8,15H2,1-2H3. The molecule has 0 saturated carbocycles. The second-order valence-electron chi connectivity index (χ2n) is 6.71. The van der Waals surface area contributed by atoms with E-state index in [0.29, 0.717) is 23.7 Å². The molecule has 2 aromatic rings. The SMILES string of the molecule is CC=C(c1ccc(Cl)cc1)C(OC(=O)CCC)C1=CN(Cc2ccccc2)NO1. The molecule has 3 rings (SSSR count). The molecule has 5 nitrogen and oxygen atoms in total. The Morgan fingerprint density at radius 1 is 1.21 bits per heavy atom. The minimum Gasteiger partial charge on any atom is -0.449 e. The number of carbonyl (C=O) groups excluding carboxylic acids is 1. The van der Waals surface area contributed by atoms with Gasteiger partial charge in [-0.15, -0.1) is 0 Å². The Morgan fingerprint density at radius 3 is 2.59 bits per heavy atom. The van der Waals surface area contributed by atoms with Crippen LogP contribution in [-0.4, -0.2) is 17.1 Å². The first-order valence-electron chi connectivity index (χ1n) is 9.67. The van der Waals surface area contributed by atoms with E-state index in [1.807, 2.05) is 85.7 Å². The highest BCUT2D eigenvalue weighted by Crippen LogP contribution is 2.30. The fourth-order valence-corrected chi connectivity index (χ4v) is 3.20. The molecule has 0 aromatic heterocycles. The number of esters is 1. The maximum absolute atomic E-state index is 12.3. The largest absolute Gasteiger partial charge is 0.449 e. The molecule has 152 valence electrons. The van der Waals surface area contributed by atoms with Gasteiger partial charge in [-0.2, -0.15) is 0 Å². The quantitative estimate of drug-likeness (QED) is 0.600. The smallest absolute Gasteiger partial charge is 0.306 e. The van der Waals surface area contributed by atoms with Crippen molar-refractivity contribution in [3.05, 3.63) is 88.8 Å². The highest BCUT2D eigenvalue weighted by Gasteiger charge is 2.30. The molecular formula is C23H25ClN2O3. The number of carbonyl (C=O) groups is 1. The van der Waals surface area contributed by atoms with Gasteiger partial charge in [0.2, 0.25) is 0 Å². The number of hydrogen-bond donors (Lipinski definition) is 1. The van der Waals surface area contributed by atoms with Gasteiger partial charge in [0, 0.05) is 17.0 Å². The lowest BCUT2D eigenvalue weighted by Gasteiger charge is -2.21. The molecular weight excluding hydrogens is 388 g/mol. The first kappa shape index (κ1) is 21.0. The zero-order valence-corrected chi connectivity index (χ0v) is 17.4. The molecule has 0 fully saturated rings. The lowest BCUT2D eigenvalue weighted by atomic mass is 9.99. The van der Waals surface area contributed by atoms with E-state index in [9.17, 15) is 4.79 Å². The second kappa shape index (κ2) is 10.1. The molecule has 0 aliphatic carbocycles. The number of allylic oxidation sites excluding steroid dienone is 1. The molecule has 1 heterocycles. The summed E-state index contributed by atoms with van der Waals surface area (Å²) in [5, 5.41) is 2.47. The highest BCUT2D eigenvalue weighted by molar-refractivity contribution is 6.30. The predicted molar refractivity (Wildman–Crippen MR) is 114 cm³/mol. The van der Waals surface area contributed by atoms with Crippen molar-refractivity contribution in [2.75, 3.05) is 0 Å². The van der Waals surface area contributed by atoms with E-state index in [1.54, 1.807) is 0 Å². The van der Waals surface area contributed by atoms with Crippen molar-refractivity contribution in [2.45, 2.75) is 39.3 Å². The number of hydrogen-bond acceptors (Lipinski definition) is 5. The number of ether oxygens (including phenoxy) is 1. The fourth-order valence-electron chi connectivity index (χ4n) is 3.08. The Bertz CT molecular complexity index is 879. The number of hydrazine groups is 1. The number of rotatable bonds is 8. The van der Waals surface area contributed by atoms with Crippen LogP contribution in [0.5, 0.6) is 0 Å². The molecule has 1 aliphatic heterocycles. The van der Waals surface area contributed by atoms with E-state index in [2.05, 4.69) is 5.59 Å². The summed E-state index contributed by atoms with van der Waals surface area (Å²) in [6.07, 6.45) is 4.17. The molecule has 1 N–H and O–H groups in total. The van der Waals surface area contributed by atoms with Gasteiger partial charge in [0.05, 0.1) is 12.7 Å². The van der Waals surface area contributed by atoms with Gasteiger partial charge in [-0.3, -0.25) is 9.80 Å². The van der Waals surface area contributed by atoms with Gasteiger partial charge in [0.1, 0.15) is 0 Å². The van der Waals surface area contributed by atoms with Crippen molar-refractivity contribution in [1.29, 1.82) is 0 Å². The third kappa shape index (κ3) is 5.62.